The minimum absolute atomic E-state index is 0.306. The number of carbonyl (C=O) groups is 3. The van der Waals surface area contributed by atoms with Gasteiger partial charge in [0.25, 0.3) is 5.91 Å². The molecule has 0 aliphatic carbocycles. The number of rotatable bonds is 6. The Labute approximate surface area is 194 Å². The van der Waals surface area contributed by atoms with E-state index in [0.29, 0.717) is 11.8 Å². The molecule has 1 N–H and O–H groups in total. The van der Waals surface area contributed by atoms with Gasteiger partial charge in [-0.3, -0.25) is 9.69 Å². The Balaban J connectivity index is 1.60. The second kappa shape index (κ2) is 11.4. The first-order valence-corrected chi connectivity index (χ1v) is 10.8. The lowest BCUT2D eigenvalue weighted by molar-refractivity contribution is -0.149. The van der Waals surface area contributed by atoms with Crippen molar-refractivity contribution in [2.24, 2.45) is 0 Å². The summed E-state index contributed by atoms with van der Waals surface area (Å²) in [6.07, 6.45) is 1.41. The summed E-state index contributed by atoms with van der Waals surface area (Å²) in [7, 11) is 1.16. The predicted molar refractivity (Wildman–Crippen MR) is 124 cm³/mol. The van der Waals surface area contributed by atoms with Crippen molar-refractivity contribution in [3.63, 3.8) is 0 Å². The van der Waals surface area contributed by atoms with E-state index >= 15 is 0 Å². The molecule has 7 heteroatoms. The van der Waals surface area contributed by atoms with Gasteiger partial charge in [-0.2, -0.15) is 0 Å². The number of amides is 1. The first-order chi connectivity index (χ1) is 15.9. The van der Waals surface area contributed by atoms with Gasteiger partial charge < -0.3 is 19.6 Å². The van der Waals surface area contributed by atoms with Gasteiger partial charge >= 0.3 is 5.97 Å². The Hall–Kier alpha value is -3.47. The molecule has 0 saturated carbocycles. The van der Waals surface area contributed by atoms with E-state index in [1.165, 1.54) is 12.5 Å². The van der Waals surface area contributed by atoms with E-state index in [2.05, 4.69) is 38.9 Å². The average molecular weight is 449 g/mol. The summed E-state index contributed by atoms with van der Waals surface area (Å²) in [6.45, 7) is 5.81. The van der Waals surface area contributed by atoms with Crippen molar-refractivity contribution < 1.29 is 23.9 Å². The lowest BCUT2D eigenvalue weighted by Gasteiger charge is -2.21. The SMILES string of the molecule is COC(=O)C(C)(C=O)NC(=O)c1ccc(C#Cc2ccc(CN3CCCOCC3)cc2)cc1. The normalized spacial score (nSPS) is 15.8. The van der Waals surface area contributed by atoms with Crippen molar-refractivity contribution in [3.8, 4) is 11.8 Å². The van der Waals surface area contributed by atoms with Gasteiger partial charge in [-0.05, 0) is 55.3 Å². The Kier molecular flexibility index (Phi) is 8.36. The molecule has 0 aromatic heterocycles. The summed E-state index contributed by atoms with van der Waals surface area (Å²) in [6, 6.07) is 14.8. The summed E-state index contributed by atoms with van der Waals surface area (Å²) >= 11 is 0. The molecule has 0 radical (unpaired) electrons. The minimum atomic E-state index is -1.74. The van der Waals surface area contributed by atoms with Gasteiger partial charge in [-0.15, -0.1) is 0 Å². The van der Waals surface area contributed by atoms with Crippen molar-refractivity contribution in [3.05, 3.63) is 70.8 Å². The molecule has 1 aliphatic rings. The Bertz CT molecular complexity index is 1030. The maximum absolute atomic E-state index is 12.4. The molecule has 1 fully saturated rings. The minimum Gasteiger partial charge on any atom is -0.467 e. The third-order valence-corrected chi connectivity index (χ3v) is 5.39. The highest BCUT2D eigenvalue weighted by molar-refractivity contribution is 6.05. The van der Waals surface area contributed by atoms with Crippen molar-refractivity contribution in [1.29, 1.82) is 0 Å². The number of nitrogens with zero attached hydrogens (tertiary/aromatic N) is 1. The summed E-state index contributed by atoms with van der Waals surface area (Å²) in [5, 5.41) is 2.40. The van der Waals surface area contributed by atoms with E-state index < -0.39 is 17.4 Å². The summed E-state index contributed by atoms with van der Waals surface area (Å²) in [5.74, 6) is 4.82. The van der Waals surface area contributed by atoms with Gasteiger partial charge in [0.15, 0.2) is 11.8 Å². The van der Waals surface area contributed by atoms with Crippen molar-refractivity contribution in [2.45, 2.75) is 25.4 Å². The number of methoxy groups -OCH3 is 1. The zero-order chi connectivity index (χ0) is 23.7. The molecular formula is C26H28N2O5. The molecule has 0 spiro atoms. The molecule has 172 valence electrons. The fourth-order valence-electron chi connectivity index (χ4n) is 3.41. The smallest absolute Gasteiger partial charge is 0.338 e. The first kappa shape index (κ1) is 24.2. The fraction of sp³-hybridized carbons (Fsp3) is 0.346. The first-order valence-electron chi connectivity index (χ1n) is 10.8. The van der Waals surface area contributed by atoms with Gasteiger partial charge in [-0.1, -0.05) is 24.0 Å². The number of esters is 1. The predicted octanol–water partition coefficient (Wildman–Crippen LogP) is 2.17. The van der Waals surface area contributed by atoms with E-state index in [9.17, 15) is 14.4 Å². The van der Waals surface area contributed by atoms with Gasteiger partial charge in [0.1, 0.15) is 0 Å². The lowest BCUT2D eigenvalue weighted by Crippen LogP contribution is -2.54. The van der Waals surface area contributed by atoms with Crippen LogP contribution in [-0.4, -0.2) is 62.0 Å². The van der Waals surface area contributed by atoms with Gasteiger partial charge in [-0.25, -0.2) is 4.79 Å². The molecule has 0 bridgehead atoms. The molecule has 2 aromatic carbocycles. The van der Waals surface area contributed by atoms with Crippen LogP contribution in [0.4, 0.5) is 0 Å². The van der Waals surface area contributed by atoms with E-state index in [4.69, 9.17) is 4.74 Å². The number of nitrogens with one attached hydrogen (secondary N) is 1. The molecule has 1 unspecified atom stereocenters. The highest BCUT2D eigenvalue weighted by Crippen LogP contribution is 2.11. The monoisotopic (exact) mass is 448 g/mol. The Morgan fingerprint density at radius 1 is 1.06 bits per heavy atom. The van der Waals surface area contributed by atoms with Crippen LogP contribution in [-0.2, 0) is 25.6 Å². The van der Waals surface area contributed by atoms with Crippen LogP contribution < -0.4 is 5.32 Å². The van der Waals surface area contributed by atoms with Crippen molar-refractivity contribution in [1.82, 2.24) is 10.2 Å². The molecule has 3 rings (SSSR count). The third-order valence-electron chi connectivity index (χ3n) is 5.39. The third kappa shape index (κ3) is 6.75. The fourth-order valence-corrected chi connectivity index (χ4v) is 3.41. The molecule has 1 aliphatic heterocycles. The number of hydrogen-bond acceptors (Lipinski definition) is 6. The molecule has 33 heavy (non-hydrogen) atoms. The average Bonchev–Trinajstić information content (AvgIpc) is 3.12. The van der Waals surface area contributed by atoms with Crippen LogP contribution in [0, 0.1) is 11.8 Å². The second-order valence-electron chi connectivity index (χ2n) is 8.03. The summed E-state index contributed by atoms with van der Waals surface area (Å²) in [4.78, 5) is 37.8. The molecular weight excluding hydrogens is 420 g/mol. The van der Waals surface area contributed by atoms with E-state index in [0.717, 1.165) is 57.5 Å². The van der Waals surface area contributed by atoms with Crippen molar-refractivity contribution >= 4 is 18.2 Å². The Morgan fingerprint density at radius 3 is 2.30 bits per heavy atom. The topological polar surface area (TPSA) is 84.9 Å². The molecule has 7 nitrogen and oxygen atoms in total. The van der Waals surface area contributed by atoms with E-state index in [1.807, 2.05) is 12.1 Å². The van der Waals surface area contributed by atoms with Gasteiger partial charge in [0.05, 0.1) is 13.7 Å². The number of aldehydes is 1. The van der Waals surface area contributed by atoms with Crippen molar-refractivity contribution in [2.75, 3.05) is 33.4 Å². The van der Waals surface area contributed by atoms with Crippen LogP contribution in [0.3, 0.4) is 0 Å². The molecule has 1 saturated heterocycles. The highest BCUT2D eigenvalue weighted by Gasteiger charge is 2.36. The molecule has 1 amide bonds. The van der Waals surface area contributed by atoms with E-state index in [1.54, 1.807) is 24.3 Å². The molecule has 2 aromatic rings. The van der Waals surface area contributed by atoms with Crippen LogP contribution in [0.25, 0.3) is 0 Å². The van der Waals surface area contributed by atoms with Crippen LogP contribution in [0.15, 0.2) is 48.5 Å². The zero-order valence-electron chi connectivity index (χ0n) is 18.9. The maximum Gasteiger partial charge on any atom is 0.338 e. The largest absolute Gasteiger partial charge is 0.467 e. The lowest BCUT2D eigenvalue weighted by atomic mass is 10.0. The number of carbonyl (C=O) groups excluding carboxylic acids is 3. The number of benzene rings is 2. The second-order valence-corrected chi connectivity index (χ2v) is 8.03. The van der Waals surface area contributed by atoms with Crippen LogP contribution in [0.5, 0.6) is 0 Å². The van der Waals surface area contributed by atoms with Gasteiger partial charge in [0, 0.05) is 42.9 Å². The van der Waals surface area contributed by atoms with Gasteiger partial charge in [0.2, 0.25) is 0 Å². The summed E-state index contributed by atoms with van der Waals surface area (Å²) < 4.78 is 10.1. The van der Waals surface area contributed by atoms with Crippen LogP contribution in [0.2, 0.25) is 0 Å². The zero-order valence-corrected chi connectivity index (χ0v) is 18.9. The number of hydrogen-bond donors (Lipinski definition) is 1. The summed E-state index contributed by atoms with van der Waals surface area (Å²) in [5.41, 5.74) is 1.45. The molecule has 1 atom stereocenters. The standard InChI is InChI=1S/C26H28N2O5/c1-26(19-29,25(31)32-2)27-24(30)23-12-10-21(11-13-23)5-4-20-6-8-22(9-7-20)18-28-14-3-16-33-17-15-28/h6-13,19H,3,14-18H2,1-2H3,(H,27,30). The van der Waals surface area contributed by atoms with Crippen LogP contribution in [0.1, 0.15) is 40.4 Å². The number of ether oxygens (including phenoxy) is 2. The molecule has 1 heterocycles. The van der Waals surface area contributed by atoms with E-state index in [-0.39, 0.29) is 0 Å². The Morgan fingerprint density at radius 2 is 1.70 bits per heavy atom. The quantitative estimate of drug-likeness (QED) is 0.316. The maximum atomic E-state index is 12.4. The highest BCUT2D eigenvalue weighted by atomic mass is 16.5. The van der Waals surface area contributed by atoms with Crippen LogP contribution >= 0.6 is 0 Å².